The maximum Gasteiger partial charge on any atom is 0.307 e. The molecule has 0 spiro atoms. The summed E-state index contributed by atoms with van der Waals surface area (Å²) in [5, 5.41) is 8.51. The second-order valence-corrected chi connectivity index (χ2v) is 2.99. The number of carboxylic acids is 1. The summed E-state index contributed by atoms with van der Waals surface area (Å²) in [7, 11) is 0. The van der Waals surface area contributed by atoms with E-state index >= 15 is 0 Å². The van der Waals surface area contributed by atoms with Crippen molar-refractivity contribution in [3.63, 3.8) is 0 Å². The normalized spacial score (nSPS) is 9.75. The first-order valence-corrected chi connectivity index (χ1v) is 4.01. The van der Waals surface area contributed by atoms with Crippen molar-refractivity contribution in [1.29, 1.82) is 0 Å². The molecule has 1 aromatic rings. The lowest BCUT2D eigenvalue weighted by Crippen LogP contribution is -2.05. The van der Waals surface area contributed by atoms with Crippen molar-refractivity contribution >= 4 is 27.6 Å². The fraction of sp³-hybridized carbons (Fsp3) is 0.143. The quantitative estimate of drug-likeness (QED) is 0.746. The molecular weight excluding hydrogens is 224 g/mol. The molecule has 0 fully saturated rings. The Balaban J connectivity index is 3.04. The van der Waals surface area contributed by atoms with Crippen LogP contribution in [-0.2, 0) is 11.2 Å². The van der Waals surface area contributed by atoms with E-state index in [9.17, 15) is 4.79 Å². The summed E-state index contributed by atoms with van der Waals surface area (Å²) in [4.78, 5) is 14.2. The van der Waals surface area contributed by atoms with Gasteiger partial charge in [-0.05, 0) is 22.0 Å². The number of nitrogens with two attached hydrogens (primary N) is 1. The molecule has 0 atom stereocenters. The van der Waals surface area contributed by atoms with Crippen molar-refractivity contribution in [1.82, 2.24) is 4.98 Å². The fourth-order valence-corrected chi connectivity index (χ4v) is 1.29. The Morgan fingerprint density at radius 2 is 2.42 bits per heavy atom. The first-order chi connectivity index (χ1) is 5.61. The molecule has 0 aliphatic rings. The van der Waals surface area contributed by atoms with E-state index in [2.05, 4.69) is 20.9 Å². The molecule has 12 heavy (non-hydrogen) atoms. The maximum absolute atomic E-state index is 10.4. The van der Waals surface area contributed by atoms with Gasteiger partial charge in [0.1, 0.15) is 4.60 Å². The van der Waals surface area contributed by atoms with Gasteiger partial charge in [0.15, 0.2) is 0 Å². The Bertz CT molecular complexity index is 294. The molecule has 0 bridgehead atoms. The number of nitrogens with zero attached hydrogens (tertiary/aromatic N) is 1. The highest BCUT2D eigenvalue weighted by Crippen LogP contribution is 2.19. The molecule has 0 unspecified atom stereocenters. The Kier molecular flexibility index (Phi) is 2.65. The average molecular weight is 231 g/mol. The Morgan fingerprint density at radius 1 is 1.75 bits per heavy atom. The molecule has 1 rings (SSSR count). The summed E-state index contributed by atoms with van der Waals surface area (Å²) in [5.41, 5.74) is 6.50. The van der Waals surface area contributed by atoms with Crippen LogP contribution in [-0.4, -0.2) is 16.1 Å². The lowest BCUT2D eigenvalue weighted by Gasteiger charge is -2.03. The van der Waals surface area contributed by atoms with Gasteiger partial charge in [-0.25, -0.2) is 4.98 Å². The largest absolute Gasteiger partial charge is 0.481 e. The minimum atomic E-state index is -0.921. The molecule has 1 aromatic heterocycles. The van der Waals surface area contributed by atoms with Gasteiger partial charge < -0.3 is 10.8 Å². The number of aliphatic carboxylic acids is 1. The zero-order chi connectivity index (χ0) is 9.14. The van der Waals surface area contributed by atoms with E-state index in [1.807, 2.05) is 0 Å². The monoisotopic (exact) mass is 230 g/mol. The molecule has 0 aliphatic carbocycles. The first-order valence-electron chi connectivity index (χ1n) is 3.22. The molecule has 0 radical (unpaired) electrons. The van der Waals surface area contributed by atoms with Crippen molar-refractivity contribution in [2.24, 2.45) is 0 Å². The predicted octanol–water partition coefficient (Wildman–Crippen LogP) is 1.05. The number of anilines is 1. The molecule has 0 saturated heterocycles. The summed E-state index contributed by atoms with van der Waals surface area (Å²) in [5.74, 6) is -0.921. The number of aromatic nitrogens is 1. The lowest BCUT2D eigenvalue weighted by molar-refractivity contribution is -0.136. The van der Waals surface area contributed by atoms with Crippen LogP contribution in [0.3, 0.4) is 0 Å². The van der Waals surface area contributed by atoms with Crippen LogP contribution < -0.4 is 5.73 Å². The van der Waals surface area contributed by atoms with Crippen molar-refractivity contribution in [2.45, 2.75) is 6.42 Å². The Labute approximate surface area is 77.5 Å². The van der Waals surface area contributed by atoms with Crippen molar-refractivity contribution < 1.29 is 9.90 Å². The summed E-state index contributed by atoms with van der Waals surface area (Å²) in [6.45, 7) is 0. The zero-order valence-electron chi connectivity index (χ0n) is 6.12. The second kappa shape index (κ2) is 3.53. The third-order valence-electron chi connectivity index (χ3n) is 1.37. The van der Waals surface area contributed by atoms with E-state index in [1.54, 1.807) is 6.07 Å². The van der Waals surface area contributed by atoms with Crippen LogP contribution >= 0.6 is 15.9 Å². The smallest absolute Gasteiger partial charge is 0.307 e. The molecule has 0 aliphatic heterocycles. The van der Waals surface area contributed by atoms with E-state index in [-0.39, 0.29) is 6.42 Å². The van der Waals surface area contributed by atoms with Crippen LogP contribution in [0.2, 0.25) is 0 Å². The highest BCUT2D eigenvalue weighted by Gasteiger charge is 2.08. The van der Waals surface area contributed by atoms with Gasteiger partial charge in [-0.2, -0.15) is 0 Å². The van der Waals surface area contributed by atoms with Crippen LogP contribution in [0.1, 0.15) is 5.56 Å². The molecule has 0 aromatic carbocycles. The standard InChI is InChI=1S/C7H7BrN2O2/c8-7-4(3-6(11)12)5(9)1-2-10-7/h1-2H,3H2,(H2,9,10)(H,11,12). The van der Waals surface area contributed by atoms with Gasteiger partial charge in [-0.3, -0.25) is 4.79 Å². The van der Waals surface area contributed by atoms with E-state index in [1.165, 1.54) is 6.20 Å². The van der Waals surface area contributed by atoms with Crippen LogP contribution in [0.25, 0.3) is 0 Å². The molecule has 0 saturated carbocycles. The molecule has 3 N–H and O–H groups in total. The number of carbonyl (C=O) groups is 1. The Morgan fingerprint density at radius 3 is 2.92 bits per heavy atom. The third-order valence-corrected chi connectivity index (χ3v) is 2.05. The first kappa shape index (κ1) is 8.99. The summed E-state index contributed by atoms with van der Waals surface area (Å²) < 4.78 is 0.491. The SMILES string of the molecule is Nc1ccnc(Br)c1CC(=O)O. The van der Waals surface area contributed by atoms with Gasteiger partial charge in [0.25, 0.3) is 0 Å². The van der Waals surface area contributed by atoms with Crippen LogP contribution in [0, 0.1) is 0 Å². The summed E-state index contributed by atoms with van der Waals surface area (Å²) in [6.07, 6.45) is 1.41. The van der Waals surface area contributed by atoms with Crippen molar-refractivity contribution in [2.75, 3.05) is 5.73 Å². The average Bonchev–Trinajstić information content (AvgIpc) is 1.97. The lowest BCUT2D eigenvalue weighted by atomic mass is 10.2. The van der Waals surface area contributed by atoms with Gasteiger partial charge in [-0.15, -0.1) is 0 Å². The molecule has 1 heterocycles. The number of nitrogen functional groups attached to an aromatic ring is 1. The number of hydrogen-bond donors (Lipinski definition) is 2. The molecular formula is C7H7BrN2O2. The number of pyridine rings is 1. The molecule has 5 heteroatoms. The zero-order valence-corrected chi connectivity index (χ0v) is 7.71. The van der Waals surface area contributed by atoms with Gasteiger partial charge in [-0.1, -0.05) is 0 Å². The minimum Gasteiger partial charge on any atom is -0.481 e. The maximum atomic E-state index is 10.4. The number of hydrogen-bond acceptors (Lipinski definition) is 3. The van der Waals surface area contributed by atoms with Crippen LogP contribution in [0.15, 0.2) is 16.9 Å². The summed E-state index contributed by atoms with van der Waals surface area (Å²) in [6, 6.07) is 1.57. The fourth-order valence-electron chi connectivity index (χ4n) is 0.807. The molecule has 64 valence electrons. The predicted molar refractivity (Wildman–Crippen MR) is 47.7 cm³/mol. The van der Waals surface area contributed by atoms with Crippen molar-refractivity contribution in [3.8, 4) is 0 Å². The second-order valence-electron chi connectivity index (χ2n) is 2.24. The van der Waals surface area contributed by atoms with Crippen LogP contribution in [0.4, 0.5) is 5.69 Å². The van der Waals surface area contributed by atoms with Gasteiger partial charge in [0.2, 0.25) is 0 Å². The van der Waals surface area contributed by atoms with Gasteiger partial charge >= 0.3 is 5.97 Å². The van der Waals surface area contributed by atoms with E-state index in [4.69, 9.17) is 10.8 Å². The van der Waals surface area contributed by atoms with Crippen LogP contribution in [0.5, 0.6) is 0 Å². The number of halogens is 1. The highest BCUT2D eigenvalue weighted by molar-refractivity contribution is 9.10. The molecule has 0 amide bonds. The molecule has 4 nitrogen and oxygen atoms in total. The van der Waals surface area contributed by atoms with E-state index in [0.29, 0.717) is 15.9 Å². The summed E-state index contributed by atoms with van der Waals surface area (Å²) >= 11 is 3.12. The van der Waals surface area contributed by atoms with Crippen molar-refractivity contribution in [3.05, 3.63) is 22.4 Å². The van der Waals surface area contributed by atoms with E-state index in [0.717, 1.165) is 0 Å². The number of carboxylic acid groups (broad SMARTS) is 1. The third kappa shape index (κ3) is 1.94. The minimum absolute atomic E-state index is 0.111. The Hall–Kier alpha value is -1.10. The number of rotatable bonds is 2. The highest BCUT2D eigenvalue weighted by atomic mass is 79.9. The topological polar surface area (TPSA) is 76.2 Å². The van der Waals surface area contributed by atoms with Gasteiger partial charge in [0, 0.05) is 17.4 Å². The van der Waals surface area contributed by atoms with E-state index < -0.39 is 5.97 Å². The van der Waals surface area contributed by atoms with Gasteiger partial charge in [0.05, 0.1) is 6.42 Å².